The van der Waals surface area contributed by atoms with Gasteiger partial charge in [0.25, 0.3) is 0 Å². The molecule has 0 aliphatic rings. The van der Waals surface area contributed by atoms with Crippen LogP contribution in [0.4, 0.5) is 0 Å². The number of nitriles is 4. The van der Waals surface area contributed by atoms with Gasteiger partial charge in [0, 0.05) is 11.1 Å². The predicted molar refractivity (Wildman–Crippen MR) is 76.9 cm³/mol. The molecule has 0 bridgehead atoms. The van der Waals surface area contributed by atoms with Crippen molar-refractivity contribution in [3.05, 3.63) is 34.6 Å². The summed E-state index contributed by atoms with van der Waals surface area (Å²) in [6, 6.07) is 10.8. The third kappa shape index (κ3) is 2.31. The molecule has 1 aromatic heterocycles. The van der Waals surface area contributed by atoms with Crippen LogP contribution in [0.3, 0.4) is 0 Å². The van der Waals surface area contributed by atoms with Gasteiger partial charge in [0.05, 0.1) is 46.7 Å². The smallest absolute Gasteiger partial charge is 0.160 e. The Morgan fingerprint density at radius 2 is 1.05 bits per heavy atom. The van der Waals surface area contributed by atoms with Gasteiger partial charge in [0.1, 0.15) is 0 Å². The van der Waals surface area contributed by atoms with Crippen molar-refractivity contribution in [3.63, 3.8) is 0 Å². The second-order valence-corrected chi connectivity index (χ2v) is 4.72. The van der Waals surface area contributed by atoms with E-state index in [2.05, 4.69) is 9.97 Å². The Bertz CT molecular complexity index is 813. The minimum atomic E-state index is -0.976. The van der Waals surface area contributed by atoms with Crippen LogP contribution in [-0.4, -0.2) is 9.97 Å². The van der Waals surface area contributed by atoms with E-state index in [-0.39, 0.29) is 0 Å². The molecule has 0 saturated heterocycles. The van der Waals surface area contributed by atoms with Crippen LogP contribution in [0.25, 0.3) is 11.0 Å². The summed E-state index contributed by atoms with van der Waals surface area (Å²) in [6.07, 6.45) is 0. The molecule has 0 spiro atoms. The Balaban J connectivity index is 2.91. The van der Waals surface area contributed by atoms with Crippen LogP contribution in [0.2, 0.25) is 0 Å². The van der Waals surface area contributed by atoms with Gasteiger partial charge in [-0.3, -0.25) is 0 Å². The lowest BCUT2D eigenvalue weighted by Gasteiger charge is -2.12. The van der Waals surface area contributed by atoms with Crippen molar-refractivity contribution >= 4 is 11.0 Å². The SMILES string of the molecule is Cc1nc2c(C(C#N)C#N)ccc(C(C#N)C#N)c2nc1C. The van der Waals surface area contributed by atoms with E-state index in [4.69, 9.17) is 21.0 Å². The van der Waals surface area contributed by atoms with Crippen LogP contribution >= 0.6 is 0 Å². The van der Waals surface area contributed by atoms with Crippen molar-refractivity contribution in [1.82, 2.24) is 9.97 Å². The molecule has 0 unspecified atom stereocenters. The van der Waals surface area contributed by atoms with Crippen molar-refractivity contribution in [2.45, 2.75) is 25.7 Å². The Morgan fingerprint density at radius 3 is 1.32 bits per heavy atom. The molecule has 0 atom stereocenters. The van der Waals surface area contributed by atoms with Gasteiger partial charge in [-0.05, 0) is 13.8 Å². The molecule has 22 heavy (non-hydrogen) atoms. The molecule has 1 heterocycles. The van der Waals surface area contributed by atoms with Crippen molar-refractivity contribution in [1.29, 1.82) is 21.0 Å². The quantitative estimate of drug-likeness (QED) is 0.836. The monoisotopic (exact) mass is 286 g/mol. The van der Waals surface area contributed by atoms with E-state index in [1.165, 1.54) is 0 Å². The average molecular weight is 286 g/mol. The van der Waals surface area contributed by atoms with Crippen molar-refractivity contribution in [2.75, 3.05) is 0 Å². The molecule has 0 N–H and O–H groups in total. The number of rotatable bonds is 2. The average Bonchev–Trinajstić information content (AvgIpc) is 2.52. The molecule has 0 aliphatic heterocycles. The van der Waals surface area contributed by atoms with Crippen LogP contribution in [0, 0.1) is 59.2 Å². The fraction of sp³-hybridized carbons (Fsp3) is 0.250. The summed E-state index contributed by atoms with van der Waals surface area (Å²) in [5.74, 6) is -1.95. The van der Waals surface area contributed by atoms with E-state index in [1.54, 1.807) is 26.0 Å². The Hall–Kier alpha value is -3.48. The van der Waals surface area contributed by atoms with Crippen LogP contribution in [-0.2, 0) is 0 Å². The van der Waals surface area contributed by atoms with Gasteiger partial charge in [0.15, 0.2) is 11.8 Å². The second kappa shape index (κ2) is 5.88. The number of aryl methyl sites for hydroxylation is 2. The van der Waals surface area contributed by atoms with E-state index in [9.17, 15) is 0 Å². The van der Waals surface area contributed by atoms with Gasteiger partial charge < -0.3 is 0 Å². The lowest BCUT2D eigenvalue weighted by molar-refractivity contribution is 1.03. The number of benzene rings is 1. The number of hydrogen-bond acceptors (Lipinski definition) is 6. The highest BCUT2D eigenvalue weighted by Gasteiger charge is 2.21. The first kappa shape index (κ1) is 14.9. The summed E-state index contributed by atoms with van der Waals surface area (Å²) in [5, 5.41) is 36.4. The van der Waals surface area contributed by atoms with Crippen LogP contribution in [0.1, 0.15) is 34.4 Å². The highest BCUT2D eigenvalue weighted by atomic mass is 14.8. The maximum absolute atomic E-state index is 9.11. The first-order chi connectivity index (χ1) is 10.6. The van der Waals surface area contributed by atoms with Gasteiger partial charge >= 0.3 is 0 Å². The molecule has 2 aromatic rings. The Labute approximate surface area is 127 Å². The molecular formula is C16H10N6. The van der Waals surface area contributed by atoms with Crippen molar-refractivity contribution in [3.8, 4) is 24.3 Å². The standard InChI is InChI=1S/C16H10N6/c1-9-10(2)22-16-14(12(7-19)8-20)4-3-13(15(16)21-9)11(5-17)6-18/h3-4,11-12H,1-2H3. The second-order valence-electron chi connectivity index (χ2n) is 4.72. The largest absolute Gasteiger partial charge is 0.249 e. The summed E-state index contributed by atoms with van der Waals surface area (Å²) < 4.78 is 0. The fourth-order valence-electron chi connectivity index (χ4n) is 2.14. The van der Waals surface area contributed by atoms with Gasteiger partial charge in [-0.15, -0.1) is 0 Å². The molecule has 0 radical (unpaired) electrons. The number of hydrogen-bond donors (Lipinski definition) is 0. The van der Waals surface area contributed by atoms with Crippen molar-refractivity contribution < 1.29 is 0 Å². The Morgan fingerprint density at radius 1 is 0.727 bits per heavy atom. The first-order valence-electron chi connectivity index (χ1n) is 6.43. The maximum atomic E-state index is 9.11. The lowest BCUT2D eigenvalue weighted by Crippen LogP contribution is -2.04. The zero-order chi connectivity index (χ0) is 16.3. The summed E-state index contributed by atoms with van der Waals surface area (Å²) in [6.45, 7) is 3.55. The summed E-state index contributed by atoms with van der Waals surface area (Å²) in [5.41, 5.74) is 3.01. The molecule has 0 amide bonds. The van der Waals surface area contributed by atoms with E-state index in [1.807, 2.05) is 24.3 Å². The highest BCUT2D eigenvalue weighted by molar-refractivity contribution is 5.84. The summed E-state index contributed by atoms with van der Waals surface area (Å²) in [4.78, 5) is 8.84. The zero-order valence-electron chi connectivity index (χ0n) is 12.0. The lowest BCUT2D eigenvalue weighted by atomic mass is 9.93. The van der Waals surface area contributed by atoms with E-state index >= 15 is 0 Å². The van der Waals surface area contributed by atoms with Gasteiger partial charge in [-0.1, -0.05) is 12.1 Å². The third-order valence-corrected chi connectivity index (χ3v) is 3.43. The molecule has 0 saturated carbocycles. The topological polar surface area (TPSA) is 121 Å². The van der Waals surface area contributed by atoms with E-state index in [0.717, 1.165) is 0 Å². The third-order valence-electron chi connectivity index (χ3n) is 3.43. The molecule has 6 nitrogen and oxygen atoms in total. The van der Waals surface area contributed by atoms with Crippen LogP contribution in [0.5, 0.6) is 0 Å². The van der Waals surface area contributed by atoms with Gasteiger partial charge in [0.2, 0.25) is 0 Å². The molecule has 104 valence electrons. The zero-order valence-corrected chi connectivity index (χ0v) is 12.0. The molecule has 2 rings (SSSR count). The van der Waals surface area contributed by atoms with Gasteiger partial charge in [-0.25, -0.2) is 9.97 Å². The molecular weight excluding hydrogens is 276 g/mol. The maximum Gasteiger partial charge on any atom is 0.160 e. The minimum absolute atomic E-state index is 0.393. The van der Waals surface area contributed by atoms with Gasteiger partial charge in [-0.2, -0.15) is 21.0 Å². The number of nitrogens with zero attached hydrogens (tertiary/aromatic N) is 6. The van der Waals surface area contributed by atoms with Crippen molar-refractivity contribution in [2.24, 2.45) is 0 Å². The molecule has 1 aromatic carbocycles. The normalized spacial score (nSPS) is 10.0. The van der Waals surface area contributed by atoms with Crippen LogP contribution < -0.4 is 0 Å². The first-order valence-corrected chi connectivity index (χ1v) is 6.43. The molecule has 0 aliphatic carbocycles. The minimum Gasteiger partial charge on any atom is -0.249 e. The predicted octanol–water partition coefficient (Wildman–Crippen LogP) is 2.51. The summed E-state index contributed by atoms with van der Waals surface area (Å²) >= 11 is 0. The molecule has 0 fully saturated rings. The number of aromatic nitrogens is 2. The van der Waals surface area contributed by atoms with Crippen LogP contribution in [0.15, 0.2) is 12.1 Å². The van der Waals surface area contributed by atoms with E-state index < -0.39 is 11.8 Å². The molecule has 6 heteroatoms. The highest BCUT2D eigenvalue weighted by Crippen LogP contribution is 2.30. The number of fused-ring (bicyclic) bond motifs is 1. The summed E-state index contributed by atoms with van der Waals surface area (Å²) in [7, 11) is 0. The fourth-order valence-corrected chi connectivity index (χ4v) is 2.14. The Kier molecular flexibility index (Phi) is 3.99. The van der Waals surface area contributed by atoms with E-state index in [0.29, 0.717) is 33.5 Å².